The number of amides is 1. The lowest BCUT2D eigenvalue weighted by Gasteiger charge is -2.00. The lowest BCUT2D eigenvalue weighted by Crippen LogP contribution is -2.31. The van der Waals surface area contributed by atoms with Crippen molar-refractivity contribution in [3.05, 3.63) is 34.8 Å². The van der Waals surface area contributed by atoms with Gasteiger partial charge in [0.1, 0.15) is 0 Å². The van der Waals surface area contributed by atoms with Gasteiger partial charge in [-0.2, -0.15) is 0 Å². The standard InChI is InChI=1S/C10H11N3O3/c11-12-9(14)5-6-13-7-3-1-2-4-8(7)16-10(13)15/h1-4H,5-6,11H2,(H,12,14). The molecular formula is C10H11N3O3. The number of para-hydroxylation sites is 2. The number of fused-ring (bicyclic) bond motifs is 1. The van der Waals surface area contributed by atoms with Crippen molar-refractivity contribution < 1.29 is 9.21 Å². The number of hydrogen-bond donors (Lipinski definition) is 2. The van der Waals surface area contributed by atoms with Crippen LogP contribution in [-0.4, -0.2) is 10.5 Å². The van der Waals surface area contributed by atoms with Crippen molar-refractivity contribution in [3.63, 3.8) is 0 Å². The summed E-state index contributed by atoms with van der Waals surface area (Å²) >= 11 is 0. The Hall–Kier alpha value is -2.08. The molecule has 0 radical (unpaired) electrons. The lowest BCUT2D eigenvalue weighted by atomic mass is 10.3. The number of aryl methyl sites for hydroxylation is 1. The number of nitrogens with one attached hydrogen (secondary N) is 1. The Labute approximate surface area is 90.6 Å². The smallest absolute Gasteiger partial charge is 0.408 e. The van der Waals surface area contributed by atoms with Crippen molar-refractivity contribution in [2.75, 3.05) is 0 Å². The third kappa shape index (κ3) is 1.82. The van der Waals surface area contributed by atoms with Crippen molar-refractivity contribution in [1.29, 1.82) is 0 Å². The highest BCUT2D eigenvalue weighted by Gasteiger charge is 2.09. The lowest BCUT2D eigenvalue weighted by molar-refractivity contribution is -0.121. The Morgan fingerprint density at radius 3 is 2.94 bits per heavy atom. The summed E-state index contributed by atoms with van der Waals surface area (Å²) in [6, 6.07) is 7.05. The minimum absolute atomic E-state index is 0.139. The van der Waals surface area contributed by atoms with E-state index in [1.54, 1.807) is 24.3 Å². The molecule has 0 aliphatic heterocycles. The molecule has 3 N–H and O–H groups in total. The first kappa shape index (κ1) is 10.4. The van der Waals surface area contributed by atoms with E-state index in [0.29, 0.717) is 11.1 Å². The van der Waals surface area contributed by atoms with E-state index in [1.165, 1.54) is 4.57 Å². The third-order valence-corrected chi connectivity index (χ3v) is 2.30. The van der Waals surface area contributed by atoms with E-state index in [0.717, 1.165) is 0 Å². The number of hydrazine groups is 1. The van der Waals surface area contributed by atoms with Crippen molar-refractivity contribution in [3.8, 4) is 0 Å². The van der Waals surface area contributed by atoms with Gasteiger partial charge in [0, 0.05) is 13.0 Å². The fourth-order valence-corrected chi connectivity index (χ4v) is 1.51. The van der Waals surface area contributed by atoms with Crippen LogP contribution in [0.5, 0.6) is 0 Å². The molecule has 0 bridgehead atoms. The van der Waals surface area contributed by atoms with Crippen LogP contribution >= 0.6 is 0 Å². The molecule has 6 heteroatoms. The Bertz CT molecular complexity index is 570. The number of nitrogens with two attached hydrogens (primary N) is 1. The molecule has 0 saturated heterocycles. The van der Waals surface area contributed by atoms with Crippen molar-refractivity contribution >= 4 is 17.0 Å². The van der Waals surface area contributed by atoms with Gasteiger partial charge in [-0.25, -0.2) is 10.6 Å². The average Bonchev–Trinajstić information content (AvgIpc) is 2.62. The molecule has 0 aliphatic carbocycles. The Morgan fingerprint density at radius 2 is 2.19 bits per heavy atom. The summed E-state index contributed by atoms with van der Waals surface area (Å²) in [7, 11) is 0. The number of nitrogens with zero attached hydrogens (tertiary/aromatic N) is 1. The van der Waals surface area contributed by atoms with Crippen LogP contribution in [0.1, 0.15) is 6.42 Å². The van der Waals surface area contributed by atoms with Crippen LogP contribution in [0.15, 0.2) is 33.5 Å². The molecule has 6 nitrogen and oxygen atoms in total. The molecule has 2 aromatic rings. The molecule has 84 valence electrons. The molecule has 0 unspecified atom stereocenters. The van der Waals surface area contributed by atoms with E-state index in [9.17, 15) is 9.59 Å². The largest absolute Gasteiger partial charge is 0.419 e. The predicted molar refractivity (Wildman–Crippen MR) is 57.4 cm³/mol. The van der Waals surface area contributed by atoms with Crippen LogP contribution in [0.25, 0.3) is 11.1 Å². The second-order valence-electron chi connectivity index (χ2n) is 3.30. The van der Waals surface area contributed by atoms with Crippen LogP contribution in [0.3, 0.4) is 0 Å². The van der Waals surface area contributed by atoms with E-state index in [2.05, 4.69) is 0 Å². The molecule has 1 aromatic heterocycles. The quantitative estimate of drug-likeness (QED) is 0.433. The molecule has 16 heavy (non-hydrogen) atoms. The van der Waals surface area contributed by atoms with Gasteiger partial charge in [-0.05, 0) is 12.1 Å². The molecular weight excluding hydrogens is 210 g/mol. The van der Waals surface area contributed by atoms with Gasteiger partial charge in [-0.15, -0.1) is 0 Å². The van der Waals surface area contributed by atoms with Crippen molar-refractivity contribution in [1.82, 2.24) is 9.99 Å². The monoisotopic (exact) mass is 221 g/mol. The zero-order valence-electron chi connectivity index (χ0n) is 8.47. The molecule has 0 atom stereocenters. The van der Waals surface area contributed by atoms with Crippen LogP contribution in [0.2, 0.25) is 0 Å². The highest BCUT2D eigenvalue weighted by atomic mass is 16.4. The first-order valence-electron chi connectivity index (χ1n) is 4.80. The van der Waals surface area contributed by atoms with Gasteiger partial charge in [-0.1, -0.05) is 12.1 Å². The second kappa shape index (κ2) is 4.19. The minimum atomic E-state index is -0.467. The predicted octanol–water partition coefficient (Wildman–Crippen LogP) is -0.0255. The molecule has 2 rings (SSSR count). The number of oxazole rings is 1. The van der Waals surface area contributed by atoms with Crippen LogP contribution in [0, 0.1) is 0 Å². The summed E-state index contributed by atoms with van der Waals surface area (Å²) in [5.74, 6) is 4.16. The van der Waals surface area contributed by atoms with Gasteiger partial charge in [0.2, 0.25) is 5.91 Å². The topological polar surface area (TPSA) is 90.3 Å². The zero-order valence-corrected chi connectivity index (χ0v) is 8.47. The molecule has 1 amide bonds. The number of hydrogen-bond acceptors (Lipinski definition) is 4. The molecule has 1 heterocycles. The second-order valence-corrected chi connectivity index (χ2v) is 3.30. The first-order chi connectivity index (χ1) is 7.72. The fourth-order valence-electron chi connectivity index (χ4n) is 1.51. The summed E-state index contributed by atoms with van der Waals surface area (Å²) < 4.78 is 6.42. The normalized spacial score (nSPS) is 10.6. The molecule has 0 saturated carbocycles. The summed E-state index contributed by atoms with van der Waals surface area (Å²) in [4.78, 5) is 22.4. The summed E-state index contributed by atoms with van der Waals surface area (Å²) in [5, 5.41) is 0. The Morgan fingerprint density at radius 1 is 1.44 bits per heavy atom. The number of benzene rings is 1. The van der Waals surface area contributed by atoms with E-state index in [1.807, 2.05) is 5.43 Å². The maximum absolute atomic E-state index is 11.5. The highest BCUT2D eigenvalue weighted by molar-refractivity contribution is 5.76. The molecule has 0 spiro atoms. The number of carbonyl (C=O) groups is 1. The zero-order chi connectivity index (χ0) is 11.5. The minimum Gasteiger partial charge on any atom is -0.408 e. The number of aromatic nitrogens is 1. The SMILES string of the molecule is NNC(=O)CCn1c(=O)oc2ccccc21. The maximum Gasteiger partial charge on any atom is 0.419 e. The summed E-state index contributed by atoms with van der Waals surface area (Å²) in [6.07, 6.45) is 0.139. The van der Waals surface area contributed by atoms with Gasteiger partial charge in [-0.3, -0.25) is 14.8 Å². The number of carbonyl (C=O) groups excluding carboxylic acids is 1. The van der Waals surface area contributed by atoms with Crippen molar-refractivity contribution in [2.45, 2.75) is 13.0 Å². The summed E-state index contributed by atoms with van der Waals surface area (Å²) in [5.41, 5.74) is 3.20. The highest BCUT2D eigenvalue weighted by Crippen LogP contribution is 2.11. The van der Waals surface area contributed by atoms with Crippen LogP contribution < -0.4 is 17.0 Å². The van der Waals surface area contributed by atoms with Gasteiger partial charge < -0.3 is 4.42 Å². The van der Waals surface area contributed by atoms with E-state index < -0.39 is 5.76 Å². The third-order valence-electron chi connectivity index (χ3n) is 2.30. The van der Waals surface area contributed by atoms with Crippen LogP contribution in [0.4, 0.5) is 0 Å². The van der Waals surface area contributed by atoms with Gasteiger partial charge in [0.25, 0.3) is 0 Å². The first-order valence-corrected chi connectivity index (χ1v) is 4.80. The van der Waals surface area contributed by atoms with Crippen molar-refractivity contribution in [2.24, 2.45) is 5.84 Å². The molecule has 1 aromatic carbocycles. The fraction of sp³-hybridized carbons (Fsp3) is 0.200. The molecule has 0 fully saturated rings. The van der Waals surface area contributed by atoms with Gasteiger partial charge in [0.15, 0.2) is 5.58 Å². The molecule has 0 aliphatic rings. The number of rotatable bonds is 3. The van der Waals surface area contributed by atoms with E-state index in [4.69, 9.17) is 10.3 Å². The van der Waals surface area contributed by atoms with E-state index in [-0.39, 0.29) is 18.9 Å². The van der Waals surface area contributed by atoms with Crippen LogP contribution in [-0.2, 0) is 11.3 Å². The Balaban J connectivity index is 2.33. The average molecular weight is 221 g/mol. The maximum atomic E-state index is 11.5. The Kier molecular flexibility index (Phi) is 2.74. The van der Waals surface area contributed by atoms with E-state index >= 15 is 0 Å². The van der Waals surface area contributed by atoms with Gasteiger partial charge in [0.05, 0.1) is 5.52 Å². The summed E-state index contributed by atoms with van der Waals surface area (Å²) in [6.45, 7) is 0.249. The van der Waals surface area contributed by atoms with Gasteiger partial charge >= 0.3 is 5.76 Å².